The van der Waals surface area contributed by atoms with E-state index in [9.17, 15) is 9.59 Å². The molecular formula is C19H21N5O2S. The number of carbonyl (C=O) groups excluding carboxylic acids is 2. The second kappa shape index (κ2) is 8.59. The number of rotatable bonds is 7. The van der Waals surface area contributed by atoms with Gasteiger partial charge in [0.1, 0.15) is 0 Å². The monoisotopic (exact) mass is 383 g/mol. The molecule has 2 heterocycles. The predicted octanol–water partition coefficient (Wildman–Crippen LogP) is 2.78. The van der Waals surface area contributed by atoms with Crippen LogP contribution in [0.15, 0.2) is 48.1 Å². The van der Waals surface area contributed by atoms with E-state index < -0.39 is 0 Å². The molecule has 2 amide bonds. The van der Waals surface area contributed by atoms with Crippen LogP contribution in [0.5, 0.6) is 0 Å². The van der Waals surface area contributed by atoms with Crippen molar-refractivity contribution < 1.29 is 9.59 Å². The van der Waals surface area contributed by atoms with Gasteiger partial charge in [-0.15, -0.1) is 11.3 Å². The standard InChI is InChI=1S/C19H21N5O2S/c1-13(2)18(26)23-19-22-15(12-27-19)10-17(25)20-11-14-6-3-4-7-16(14)24-9-5-8-21-24/h3-9,12-13H,10-11H2,1-2H3,(H,20,25)(H,22,23,26). The van der Waals surface area contributed by atoms with E-state index in [1.165, 1.54) is 11.3 Å². The lowest BCUT2D eigenvalue weighted by Crippen LogP contribution is -2.25. The molecule has 0 radical (unpaired) electrons. The van der Waals surface area contributed by atoms with Gasteiger partial charge in [0.2, 0.25) is 11.8 Å². The lowest BCUT2D eigenvalue weighted by atomic mass is 10.1. The van der Waals surface area contributed by atoms with Crippen LogP contribution >= 0.6 is 11.3 Å². The van der Waals surface area contributed by atoms with E-state index in [2.05, 4.69) is 20.7 Å². The Morgan fingerprint density at radius 3 is 2.78 bits per heavy atom. The molecule has 0 aliphatic heterocycles. The van der Waals surface area contributed by atoms with Crippen LogP contribution in [0.25, 0.3) is 5.69 Å². The highest BCUT2D eigenvalue weighted by Gasteiger charge is 2.12. The summed E-state index contributed by atoms with van der Waals surface area (Å²) >= 11 is 1.32. The number of nitrogens with zero attached hydrogens (tertiary/aromatic N) is 3. The molecular weight excluding hydrogens is 362 g/mol. The van der Waals surface area contributed by atoms with Crippen molar-refractivity contribution in [3.8, 4) is 5.69 Å². The summed E-state index contributed by atoms with van der Waals surface area (Å²) in [7, 11) is 0. The van der Waals surface area contributed by atoms with E-state index in [0.29, 0.717) is 17.4 Å². The molecule has 27 heavy (non-hydrogen) atoms. The fraction of sp³-hybridized carbons (Fsp3) is 0.263. The molecule has 2 aromatic heterocycles. The largest absolute Gasteiger partial charge is 0.352 e. The van der Waals surface area contributed by atoms with Gasteiger partial charge in [-0.25, -0.2) is 9.67 Å². The zero-order valence-corrected chi connectivity index (χ0v) is 16.0. The number of benzene rings is 1. The Kier molecular flexibility index (Phi) is 5.97. The van der Waals surface area contributed by atoms with Gasteiger partial charge in [0.15, 0.2) is 5.13 Å². The smallest absolute Gasteiger partial charge is 0.228 e. The van der Waals surface area contributed by atoms with E-state index in [0.717, 1.165) is 11.3 Å². The SMILES string of the molecule is CC(C)C(=O)Nc1nc(CC(=O)NCc2ccccc2-n2cccn2)cs1. The molecule has 0 fully saturated rings. The first kappa shape index (κ1) is 18.8. The maximum atomic E-state index is 12.3. The van der Waals surface area contributed by atoms with E-state index in [-0.39, 0.29) is 24.2 Å². The second-order valence-corrected chi connectivity index (χ2v) is 7.18. The van der Waals surface area contributed by atoms with Gasteiger partial charge in [0.25, 0.3) is 0 Å². The van der Waals surface area contributed by atoms with Crippen LogP contribution in [0.3, 0.4) is 0 Å². The van der Waals surface area contributed by atoms with Crippen LogP contribution in [0, 0.1) is 5.92 Å². The van der Waals surface area contributed by atoms with Crippen LogP contribution in [-0.4, -0.2) is 26.6 Å². The van der Waals surface area contributed by atoms with Crippen molar-refractivity contribution in [1.82, 2.24) is 20.1 Å². The van der Waals surface area contributed by atoms with E-state index in [1.54, 1.807) is 16.3 Å². The Labute approximate surface area is 161 Å². The van der Waals surface area contributed by atoms with Crippen molar-refractivity contribution in [1.29, 1.82) is 0 Å². The summed E-state index contributed by atoms with van der Waals surface area (Å²) in [6.45, 7) is 4.03. The Hall–Kier alpha value is -3.00. The molecule has 140 valence electrons. The number of aromatic nitrogens is 3. The normalized spacial score (nSPS) is 10.8. The molecule has 0 saturated heterocycles. The molecule has 3 rings (SSSR count). The quantitative estimate of drug-likeness (QED) is 0.657. The lowest BCUT2D eigenvalue weighted by Gasteiger charge is -2.10. The predicted molar refractivity (Wildman–Crippen MR) is 105 cm³/mol. The van der Waals surface area contributed by atoms with Crippen LogP contribution in [0.2, 0.25) is 0 Å². The van der Waals surface area contributed by atoms with E-state index in [1.807, 2.05) is 50.4 Å². The molecule has 1 aromatic carbocycles. The van der Waals surface area contributed by atoms with Crippen molar-refractivity contribution in [3.63, 3.8) is 0 Å². The molecule has 0 bridgehead atoms. The zero-order valence-electron chi connectivity index (χ0n) is 15.2. The van der Waals surface area contributed by atoms with Crippen LogP contribution in [-0.2, 0) is 22.6 Å². The van der Waals surface area contributed by atoms with Gasteiger partial charge in [-0.2, -0.15) is 5.10 Å². The zero-order chi connectivity index (χ0) is 19.2. The second-order valence-electron chi connectivity index (χ2n) is 6.32. The van der Waals surface area contributed by atoms with Crippen molar-refractivity contribution in [2.24, 2.45) is 5.92 Å². The van der Waals surface area contributed by atoms with Gasteiger partial charge >= 0.3 is 0 Å². The summed E-state index contributed by atoms with van der Waals surface area (Å²) in [6.07, 6.45) is 3.74. The molecule has 0 saturated carbocycles. The maximum absolute atomic E-state index is 12.3. The molecule has 0 unspecified atom stereocenters. The number of anilines is 1. The molecule has 0 spiro atoms. The van der Waals surface area contributed by atoms with Gasteiger partial charge in [-0.1, -0.05) is 32.0 Å². The molecule has 8 heteroatoms. The minimum absolute atomic E-state index is 0.0874. The molecule has 3 aromatic rings. The topological polar surface area (TPSA) is 88.9 Å². The van der Waals surface area contributed by atoms with Crippen molar-refractivity contribution in [2.45, 2.75) is 26.8 Å². The van der Waals surface area contributed by atoms with Crippen LogP contribution < -0.4 is 10.6 Å². The first-order valence-electron chi connectivity index (χ1n) is 8.63. The van der Waals surface area contributed by atoms with Gasteiger partial charge in [-0.05, 0) is 17.7 Å². The number of hydrogen-bond donors (Lipinski definition) is 2. The third kappa shape index (κ3) is 5.01. The number of amides is 2. The lowest BCUT2D eigenvalue weighted by molar-refractivity contribution is -0.120. The Balaban J connectivity index is 1.57. The van der Waals surface area contributed by atoms with Gasteiger partial charge < -0.3 is 10.6 Å². The Morgan fingerprint density at radius 1 is 1.22 bits per heavy atom. The van der Waals surface area contributed by atoms with Crippen LogP contribution in [0.1, 0.15) is 25.1 Å². The minimum atomic E-state index is -0.127. The third-order valence-corrected chi connectivity index (χ3v) is 4.67. The summed E-state index contributed by atoms with van der Waals surface area (Å²) in [6, 6.07) is 9.63. The van der Waals surface area contributed by atoms with Gasteiger partial charge in [-0.3, -0.25) is 9.59 Å². The van der Waals surface area contributed by atoms with Crippen molar-refractivity contribution in [3.05, 3.63) is 59.4 Å². The van der Waals surface area contributed by atoms with E-state index >= 15 is 0 Å². The number of carbonyl (C=O) groups is 2. The number of hydrogen-bond acceptors (Lipinski definition) is 5. The van der Waals surface area contributed by atoms with Crippen molar-refractivity contribution in [2.75, 3.05) is 5.32 Å². The summed E-state index contributed by atoms with van der Waals surface area (Å²) < 4.78 is 1.77. The molecule has 7 nitrogen and oxygen atoms in total. The minimum Gasteiger partial charge on any atom is -0.352 e. The third-order valence-electron chi connectivity index (χ3n) is 3.87. The Bertz CT molecular complexity index is 918. The summed E-state index contributed by atoms with van der Waals surface area (Å²) in [5, 5.41) is 12.2. The van der Waals surface area contributed by atoms with E-state index in [4.69, 9.17) is 0 Å². The average molecular weight is 383 g/mol. The maximum Gasteiger partial charge on any atom is 0.228 e. The average Bonchev–Trinajstić information content (AvgIpc) is 3.32. The number of thiazole rings is 1. The Morgan fingerprint density at radius 2 is 2.04 bits per heavy atom. The van der Waals surface area contributed by atoms with Gasteiger partial charge in [0, 0.05) is 30.2 Å². The number of para-hydroxylation sites is 1. The molecule has 0 aliphatic rings. The van der Waals surface area contributed by atoms with Crippen molar-refractivity contribution >= 4 is 28.3 Å². The molecule has 0 atom stereocenters. The molecule has 0 aliphatic carbocycles. The number of nitrogens with one attached hydrogen (secondary N) is 2. The molecule has 2 N–H and O–H groups in total. The first-order valence-corrected chi connectivity index (χ1v) is 9.51. The highest BCUT2D eigenvalue weighted by molar-refractivity contribution is 7.13. The fourth-order valence-electron chi connectivity index (χ4n) is 2.41. The highest BCUT2D eigenvalue weighted by Crippen LogP contribution is 2.17. The van der Waals surface area contributed by atoms with Gasteiger partial charge in [0.05, 0.1) is 17.8 Å². The first-order chi connectivity index (χ1) is 13.0. The highest BCUT2D eigenvalue weighted by atomic mass is 32.1. The fourth-order valence-corrected chi connectivity index (χ4v) is 3.12. The summed E-state index contributed by atoms with van der Waals surface area (Å²) in [5.74, 6) is -0.330. The summed E-state index contributed by atoms with van der Waals surface area (Å²) in [4.78, 5) is 28.3. The van der Waals surface area contributed by atoms with Crippen LogP contribution in [0.4, 0.5) is 5.13 Å². The summed E-state index contributed by atoms with van der Waals surface area (Å²) in [5.41, 5.74) is 2.53.